The standard InChI is InChI=1S/C12H19ClN2/c1-8(2)9(3)11-10-6-4-5-7-15(10)14-12(11)13/h8-9H,4-7H2,1-3H3. The van der Waals surface area contributed by atoms with E-state index in [9.17, 15) is 0 Å². The molecule has 0 radical (unpaired) electrons. The molecule has 0 aromatic carbocycles. The van der Waals surface area contributed by atoms with E-state index >= 15 is 0 Å². The van der Waals surface area contributed by atoms with Crippen molar-refractivity contribution in [2.45, 2.75) is 52.5 Å². The highest BCUT2D eigenvalue weighted by atomic mass is 35.5. The van der Waals surface area contributed by atoms with Crippen LogP contribution in [0.5, 0.6) is 0 Å². The SMILES string of the molecule is CC(C)C(C)c1c(Cl)nn2c1CCCC2. The summed E-state index contributed by atoms with van der Waals surface area (Å²) < 4.78 is 2.11. The Balaban J connectivity index is 2.41. The van der Waals surface area contributed by atoms with Crippen LogP contribution in [0.1, 0.15) is 50.8 Å². The predicted octanol–water partition coefficient (Wildman–Crippen LogP) is 3.63. The highest BCUT2D eigenvalue weighted by molar-refractivity contribution is 6.30. The number of fused-ring (bicyclic) bond motifs is 1. The van der Waals surface area contributed by atoms with E-state index in [4.69, 9.17) is 11.6 Å². The van der Waals surface area contributed by atoms with Crippen molar-refractivity contribution in [2.24, 2.45) is 5.92 Å². The highest BCUT2D eigenvalue weighted by Crippen LogP contribution is 2.34. The molecule has 84 valence electrons. The Labute approximate surface area is 96.6 Å². The van der Waals surface area contributed by atoms with Crippen LogP contribution in [0, 0.1) is 5.92 Å². The van der Waals surface area contributed by atoms with Crippen LogP contribution in [-0.2, 0) is 13.0 Å². The van der Waals surface area contributed by atoms with E-state index in [2.05, 4.69) is 30.6 Å². The van der Waals surface area contributed by atoms with E-state index in [1.807, 2.05) is 0 Å². The van der Waals surface area contributed by atoms with Gasteiger partial charge in [-0.05, 0) is 31.1 Å². The average Bonchev–Trinajstić information content (AvgIpc) is 2.52. The Hall–Kier alpha value is -0.500. The number of nitrogens with zero attached hydrogens (tertiary/aromatic N) is 2. The van der Waals surface area contributed by atoms with Crippen molar-refractivity contribution in [3.8, 4) is 0 Å². The van der Waals surface area contributed by atoms with Crippen molar-refractivity contribution >= 4 is 11.6 Å². The first kappa shape index (κ1) is 11.0. The lowest BCUT2D eigenvalue weighted by atomic mass is 9.89. The van der Waals surface area contributed by atoms with Crippen LogP contribution in [0.3, 0.4) is 0 Å². The van der Waals surface area contributed by atoms with Crippen LogP contribution in [0.25, 0.3) is 0 Å². The molecule has 1 aromatic heterocycles. The van der Waals surface area contributed by atoms with E-state index in [0.717, 1.165) is 18.1 Å². The molecule has 0 N–H and O–H groups in total. The van der Waals surface area contributed by atoms with Crippen LogP contribution in [-0.4, -0.2) is 9.78 Å². The maximum absolute atomic E-state index is 6.24. The van der Waals surface area contributed by atoms with Gasteiger partial charge in [-0.1, -0.05) is 32.4 Å². The van der Waals surface area contributed by atoms with Gasteiger partial charge in [0.15, 0.2) is 5.15 Å². The number of hydrogen-bond acceptors (Lipinski definition) is 1. The Morgan fingerprint density at radius 3 is 2.67 bits per heavy atom. The summed E-state index contributed by atoms with van der Waals surface area (Å²) in [6.07, 6.45) is 3.66. The quantitative estimate of drug-likeness (QED) is 0.753. The minimum Gasteiger partial charge on any atom is -0.268 e. The molecule has 0 amide bonds. The molecule has 1 unspecified atom stereocenters. The van der Waals surface area contributed by atoms with Crippen LogP contribution in [0.2, 0.25) is 5.15 Å². The molecule has 0 fully saturated rings. The van der Waals surface area contributed by atoms with Gasteiger partial charge in [0.2, 0.25) is 0 Å². The lowest BCUT2D eigenvalue weighted by Crippen LogP contribution is -2.13. The Morgan fingerprint density at radius 1 is 1.27 bits per heavy atom. The fourth-order valence-electron chi connectivity index (χ4n) is 2.27. The van der Waals surface area contributed by atoms with Crippen LogP contribution in [0.4, 0.5) is 0 Å². The number of aromatic nitrogens is 2. The molecule has 1 aliphatic rings. The zero-order chi connectivity index (χ0) is 11.0. The lowest BCUT2D eigenvalue weighted by molar-refractivity contribution is 0.473. The summed E-state index contributed by atoms with van der Waals surface area (Å²) in [6, 6.07) is 0. The molecule has 2 nitrogen and oxygen atoms in total. The maximum Gasteiger partial charge on any atom is 0.154 e. The van der Waals surface area contributed by atoms with Gasteiger partial charge < -0.3 is 0 Å². The van der Waals surface area contributed by atoms with Gasteiger partial charge in [-0.15, -0.1) is 0 Å². The monoisotopic (exact) mass is 226 g/mol. The summed E-state index contributed by atoms with van der Waals surface area (Å²) in [4.78, 5) is 0. The minimum absolute atomic E-state index is 0.513. The number of aryl methyl sites for hydroxylation is 1. The molecule has 0 aliphatic carbocycles. The van der Waals surface area contributed by atoms with Crippen molar-refractivity contribution in [3.05, 3.63) is 16.4 Å². The molecule has 1 aromatic rings. The first-order valence-electron chi connectivity index (χ1n) is 5.86. The third-order valence-electron chi connectivity index (χ3n) is 3.54. The molecular formula is C12H19ClN2. The van der Waals surface area contributed by atoms with Crippen molar-refractivity contribution in [3.63, 3.8) is 0 Å². The fraction of sp³-hybridized carbons (Fsp3) is 0.750. The molecule has 15 heavy (non-hydrogen) atoms. The largest absolute Gasteiger partial charge is 0.268 e. The summed E-state index contributed by atoms with van der Waals surface area (Å²) in [7, 11) is 0. The Bertz CT molecular complexity index is 355. The lowest BCUT2D eigenvalue weighted by Gasteiger charge is -2.19. The predicted molar refractivity (Wildman–Crippen MR) is 63.4 cm³/mol. The second kappa shape index (κ2) is 4.17. The number of rotatable bonds is 2. The zero-order valence-corrected chi connectivity index (χ0v) is 10.5. The molecule has 0 spiro atoms. The molecule has 0 saturated heterocycles. The van der Waals surface area contributed by atoms with Crippen LogP contribution < -0.4 is 0 Å². The van der Waals surface area contributed by atoms with Gasteiger partial charge in [-0.2, -0.15) is 5.10 Å². The number of hydrogen-bond donors (Lipinski definition) is 0. The first-order valence-corrected chi connectivity index (χ1v) is 6.24. The first-order chi connectivity index (χ1) is 7.11. The topological polar surface area (TPSA) is 17.8 Å². The molecule has 1 aliphatic heterocycles. The minimum atomic E-state index is 0.513. The van der Waals surface area contributed by atoms with Crippen LogP contribution in [0.15, 0.2) is 0 Å². The van der Waals surface area contributed by atoms with Crippen molar-refractivity contribution in [2.75, 3.05) is 0 Å². The Morgan fingerprint density at radius 2 is 2.00 bits per heavy atom. The molecular weight excluding hydrogens is 208 g/mol. The molecule has 0 bridgehead atoms. The van der Waals surface area contributed by atoms with E-state index < -0.39 is 0 Å². The zero-order valence-electron chi connectivity index (χ0n) is 9.76. The average molecular weight is 227 g/mol. The van der Waals surface area contributed by atoms with Crippen molar-refractivity contribution in [1.82, 2.24) is 9.78 Å². The van der Waals surface area contributed by atoms with Gasteiger partial charge in [0.1, 0.15) is 0 Å². The maximum atomic E-state index is 6.24. The molecule has 3 heteroatoms. The van der Waals surface area contributed by atoms with Gasteiger partial charge in [0.05, 0.1) is 0 Å². The van der Waals surface area contributed by atoms with Gasteiger partial charge in [-0.25, -0.2) is 0 Å². The van der Waals surface area contributed by atoms with E-state index in [0.29, 0.717) is 11.8 Å². The third kappa shape index (κ3) is 1.92. The van der Waals surface area contributed by atoms with Gasteiger partial charge in [0, 0.05) is 17.8 Å². The normalized spacial score (nSPS) is 17.9. The second-order valence-corrected chi connectivity index (χ2v) is 5.22. The summed E-state index contributed by atoms with van der Waals surface area (Å²) in [6.45, 7) is 7.78. The fourth-order valence-corrected chi connectivity index (χ4v) is 2.64. The Kier molecular flexibility index (Phi) is 3.06. The summed E-state index contributed by atoms with van der Waals surface area (Å²) in [5, 5.41) is 5.17. The van der Waals surface area contributed by atoms with Crippen LogP contribution >= 0.6 is 11.6 Å². The summed E-state index contributed by atoms with van der Waals surface area (Å²) in [5.41, 5.74) is 2.68. The summed E-state index contributed by atoms with van der Waals surface area (Å²) >= 11 is 6.24. The molecule has 2 rings (SSSR count). The van der Waals surface area contributed by atoms with Gasteiger partial charge in [0.25, 0.3) is 0 Å². The van der Waals surface area contributed by atoms with Crippen molar-refractivity contribution in [1.29, 1.82) is 0 Å². The smallest absolute Gasteiger partial charge is 0.154 e. The molecule has 2 heterocycles. The summed E-state index contributed by atoms with van der Waals surface area (Å²) in [5.74, 6) is 1.14. The molecule has 0 saturated carbocycles. The van der Waals surface area contributed by atoms with E-state index in [-0.39, 0.29) is 0 Å². The molecule has 1 atom stereocenters. The number of halogens is 1. The second-order valence-electron chi connectivity index (χ2n) is 4.86. The van der Waals surface area contributed by atoms with Crippen molar-refractivity contribution < 1.29 is 0 Å². The van der Waals surface area contributed by atoms with E-state index in [1.54, 1.807) is 0 Å². The highest BCUT2D eigenvalue weighted by Gasteiger charge is 2.24. The third-order valence-corrected chi connectivity index (χ3v) is 3.82. The van der Waals surface area contributed by atoms with E-state index in [1.165, 1.54) is 24.1 Å². The van der Waals surface area contributed by atoms with Gasteiger partial charge in [-0.3, -0.25) is 4.68 Å². The van der Waals surface area contributed by atoms with Gasteiger partial charge >= 0.3 is 0 Å².